The summed E-state index contributed by atoms with van der Waals surface area (Å²) in [5.41, 5.74) is 2.84. The standard InChI is InChI=1S/C23H27N3O4/c1-6-25-16(4)26(20-14-17(12-13-19(20)25)23(28)30-7-2)15(3)22(27)24-18-10-8-9-11-21(18)29-5/h8-15H,6-7H2,1-5H3/p+1/t15-/m1/s1. The molecule has 158 valence electrons. The Labute approximate surface area is 176 Å². The lowest BCUT2D eigenvalue weighted by atomic mass is 10.2. The Morgan fingerprint density at radius 1 is 1.17 bits per heavy atom. The molecule has 0 saturated heterocycles. The van der Waals surface area contributed by atoms with E-state index >= 15 is 0 Å². The highest BCUT2D eigenvalue weighted by Gasteiger charge is 2.30. The van der Waals surface area contributed by atoms with E-state index in [0.717, 1.165) is 23.4 Å². The number of esters is 1. The lowest BCUT2D eigenvalue weighted by molar-refractivity contribution is -0.675. The van der Waals surface area contributed by atoms with Gasteiger partial charge in [-0.15, -0.1) is 0 Å². The second-order valence-corrected chi connectivity index (χ2v) is 6.95. The third kappa shape index (κ3) is 3.87. The normalized spacial score (nSPS) is 11.9. The van der Waals surface area contributed by atoms with Gasteiger partial charge in [-0.25, -0.2) is 13.9 Å². The molecule has 0 aliphatic carbocycles. The number of carbonyl (C=O) groups excluding carboxylic acids is 2. The first kappa shape index (κ1) is 21.4. The molecule has 1 aromatic heterocycles. The number of hydrogen-bond acceptors (Lipinski definition) is 4. The van der Waals surface area contributed by atoms with Crippen molar-refractivity contribution in [3.8, 4) is 5.75 Å². The number of para-hydroxylation sites is 2. The fourth-order valence-electron chi connectivity index (χ4n) is 3.76. The number of rotatable bonds is 7. The first-order valence-corrected chi connectivity index (χ1v) is 10.1. The Kier molecular flexibility index (Phi) is 6.40. The summed E-state index contributed by atoms with van der Waals surface area (Å²) in [5, 5.41) is 2.95. The average Bonchev–Trinajstić information content (AvgIpc) is 3.03. The van der Waals surface area contributed by atoms with Crippen LogP contribution in [0.1, 0.15) is 43.0 Å². The number of carbonyl (C=O) groups is 2. The van der Waals surface area contributed by atoms with Crippen LogP contribution in [-0.4, -0.2) is 30.2 Å². The van der Waals surface area contributed by atoms with Crippen molar-refractivity contribution >= 4 is 28.6 Å². The second-order valence-electron chi connectivity index (χ2n) is 6.95. The molecule has 7 nitrogen and oxygen atoms in total. The molecule has 0 bridgehead atoms. The molecular weight excluding hydrogens is 382 g/mol. The summed E-state index contributed by atoms with van der Waals surface area (Å²) in [6.45, 7) is 8.70. The van der Waals surface area contributed by atoms with Crippen molar-refractivity contribution < 1.29 is 23.6 Å². The van der Waals surface area contributed by atoms with Crippen molar-refractivity contribution in [2.24, 2.45) is 0 Å². The molecule has 1 heterocycles. The van der Waals surface area contributed by atoms with Crippen LogP contribution < -0.4 is 14.6 Å². The molecule has 0 aliphatic heterocycles. The highest BCUT2D eigenvalue weighted by molar-refractivity contribution is 5.97. The summed E-state index contributed by atoms with van der Waals surface area (Å²) in [6, 6.07) is 12.2. The highest BCUT2D eigenvalue weighted by Crippen LogP contribution is 2.26. The number of hydrogen-bond donors (Lipinski definition) is 1. The molecule has 0 saturated carbocycles. The van der Waals surface area contributed by atoms with Crippen LogP contribution in [0.3, 0.4) is 0 Å². The van der Waals surface area contributed by atoms with Gasteiger partial charge in [-0.05, 0) is 45.0 Å². The van der Waals surface area contributed by atoms with Crippen LogP contribution in [0.25, 0.3) is 11.0 Å². The molecule has 1 N–H and O–H groups in total. The van der Waals surface area contributed by atoms with Crippen molar-refractivity contribution in [1.82, 2.24) is 4.57 Å². The van der Waals surface area contributed by atoms with Crippen LogP contribution in [0.15, 0.2) is 42.5 Å². The van der Waals surface area contributed by atoms with Crippen LogP contribution in [0.4, 0.5) is 5.69 Å². The van der Waals surface area contributed by atoms with Gasteiger partial charge in [0.2, 0.25) is 0 Å². The van der Waals surface area contributed by atoms with E-state index in [-0.39, 0.29) is 11.9 Å². The van der Waals surface area contributed by atoms with Crippen molar-refractivity contribution in [1.29, 1.82) is 0 Å². The van der Waals surface area contributed by atoms with Gasteiger partial charge in [-0.1, -0.05) is 12.1 Å². The topological polar surface area (TPSA) is 73.4 Å². The molecule has 1 atom stereocenters. The number of nitrogens with one attached hydrogen (secondary N) is 1. The van der Waals surface area contributed by atoms with E-state index in [1.54, 1.807) is 38.3 Å². The molecule has 0 aliphatic rings. The van der Waals surface area contributed by atoms with E-state index < -0.39 is 6.04 Å². The maximum Gasteiger partial charge on any atom is 0.338 e. The van der Waals surface area contributed by atoms with Gasteiger partial charge in [0.1, 0.15) is 5.75 Å². The maximum atomic E-state index is 13.1. The van der Waals surface area contributed by atoms with Gasteiger partial charge in [-0.3, -0.25) is 4.79 Å². The molecule has 0 spiro atoms. The van der Waals surface area contributed by atoms with Crippen molar-refractivity contribution in [3.63, 3.8) is 0 Å². The quantitative estimate of drug-likeness (QED) is 0.477. The Bertz CT molecular complexity index is 1090. The molecule has 2 aromatic carbocycles. The fourth-order valence-corrected chi connectivity index (χ4v) is 3.76. The van der Waals surface area contributed by atoms with Crippen molar-refractivity contribution in [3.05, 3.63) is 53.9 Å². The summed E-state index contributed by atoms with van der Waals surface area (Å²) >= 11 is 0. The summed E-state index contributed by atoms with van der Waals surface area (Å²) in [5.74, 6) is 0.972. The Balaban J connectivity index is 2.04. The smallest absolute Gasteiger partial charge is 0.338 e. The number of anilines is 1. The van der Waals surface area contributed by atoms with Gasteiger partial charge in [-0.2, -0.15) is 0 Å². The predicted octanol–water partition coefficient (Wildman–Crippen LogP) is 3.64. The molecule has 0 fully saturated rings. The first-order chi connectivity index (χ1) is 14.4. The number of methoxy groups -OCH3 is 1. The SMILES string of the molecule is CCOC(=O)c1ccc2c(c1)n([C@H](C)C(=O)Nc1ccccc1OC)c(C)[n+]2CC. The van der Waals surface area contributed by atoms with Crippen LogP contribution in [-0.2, 0) is 16.1 Å². The molecule has 3 rings (SSSR count). The zero-order valence-corrected chi connectivity index (χ0v) is 18.1. The van der Waals surface area contributed by atoms with Crippen molar-refractivity contribution in [2.75, 3.05) is 19.0 Å². The molecule has 1 amide bonds. The van der Waals surface area contributed by atoms with Gasteiger partial charge in [0.15, 0.2) is 17.1 Å². The van der Waals surface area contributed by atoms with E-state index in [1.807, 2.05) is 36.6 Å². The Morgan fingerprint density at radius 2 is 1.90 bits per heavy atom. The van der Waals surface area contributed by atoms with E-state index in [0.29, 0.717) is 23.6 Å². The van der Waals surface area contributed by atoms with Crippen LogP contribution in [0, 0.1) is 6.92 Å². The summed E-state index contributed by atoms with van der Waals surface area (Å²) in [4.78, 5) is 25.4. The fraction of sp³-hybridized carbons (Fsp3) is 0.348. The molecule has 30 heavy (non-hydrogen) atoms. The van der Waals surface area contributed by atoms with Crippen LogP contribution in [0.5, 0.6) is 5.75 Å². The number of amides is 1. The Morgan fingerprint density at radius 3 is 2.57 bits per heavy atom. The minimum Gasteiger partial charge on any atom is -0.495 e. The van der Waals surface area contributed by atoms with E-state index in [9.17, 15) is 9.59 Å². The molecule has 7 heteroatoms. The van der Waals surface area contributed by atoms with Gasteiger partial charge in [0, 0.05) is 13.0 Å². The molecular formula is C23H28N3O4+. The number of fused-ring (bicyclic) bond motifs is 1. The number of ether oxygens (including phenoxy) is 2. The summed E-state index contributed by atoms with van der Waals surface area (Å²) in [7, 11) is 1.57. The van der Waals surface area contributed by atoms with E-state index in [2.05, 4.69) is 16.8 Å². The third-order valence-corrected chi connectivity index (χ3v) is 5.22. The average molecular weight is 410 g/mol. The first-order valence-electron chi connectivity index (χ1n) is 10.1. The number of aromatic nitrogens is 2. The van der Waals surface area contributed by atoms with Crippen molar-refractivity contribution in [2.45, 2.75) is 40.3 Å². The van der Waals surface area contributed by atoms with Gasteiger partial charge in [0.05, 0.1) is 31.5 Å². The summed E-state index contributed by atoms with van der Waals surface area (Å²) < 4.78 is 14.6. The number of benzene rings is 2. The van der Waals surface area contributed by atoms with E-state index in [1.165, 1.54) is 0 Å². The zero-order chi connectivity index (χ0) is 21.8. The monoisotopic (exact) mass is 410 g/mol. The van der Waals surface area contributed by atoms with Gasteiger partial charge in [0.25, 0.3) is 11.7 Å². The third-order valence-electron chi connectivity index (χ3n) is 5.22. The minimum atomic E-state index is -0.511. The number of nitrogens with zero attached hydrogens (tertiary/aromatic N) is 2. The maximum absolute atomic E-state index is 13.1. The molecule has 0 radical (unpaired) electrons. The van der Waals surface area contributed by atoms with Gasteiger partial charge >= 0.3 is 5.97 Å². The minimum absolute atomic E-state index is 0.177. The highest BCUT2D eigenvalue weighted by atomic mass is 16.5. The summed E-state index contributed by atoms with van der Waals surface area (Å²) in [6.07, 6.45) is 0. The number of imidazole rings is 1. The second kappa shape index (κ2) is 8.98. The van der Waals surface area contributed by atoms with Crippen LogP contribution in [0.2, 0.25) is 0 Å². The zero-order valence-electron chi connectivity index (χ0n) is 18.1. The largest absolute Gasteiger partial charge is 0.495 e. The molecule has 3 aromatic rings. The molecule has 0 unspecified atom stereocenters. The van der Waals surface area contributed by atoms with Gasteiger partial charge < -0.3 is 14.8 Å². The van der Waals surface area contributed by atoms with Crippen LogP contribution >= 0.6 is 0 Å². The lowest BCUT2D eigenvalue weighted by Gasteiger charge is -2.14. The van der Waals surface area contributed by atoms with E-state index in [4.69, 9.17) is 9.47 Å². The number of aryl methyl sites for hydroxylation is 1. The lowest BCUT2D eigenvalue weighted by Crippen LogP contribution is -2.36. The predicted molar refractivity (Wildman–Crippen MR) is 115 cm³/mol. The Hall–Kier alpha value is -3.35.